The maximum absolute atomic E-state index is 14.1. The topological polar surface area (TPSA) is 101 Å². The van der Waals surface area contributed by atoms with Crippen molar-refractivity contribution in [1.29, 1.82) is 0 Å². The Hall–Kier alpha value is -5.05. The largest absolute Gasteiger partial charge is 0.507 e. The highest BCUT2D eigenvalue weighted by molar-refractivity contribution is 6.22. The quantitative estimate of drug-likeness (QED) is 0.134. The highest BCUT2D eigenvalue weighted by Gasteiger charge is 2.57. The number of methoxy groups -OCH3 is 1. The van der Waals surface area contributed by atoms with Crippen molar-refractivity contribution in [2.45, 2.75) is 39.2 Å². The number of amides is 2. The van der Waals surface area contributed by atoms with Gasteiger partial charge < -0.3 is 19.9 Å². The molecule has 4 aromatic rings. The molecule has 49 heavy (non-hydrogen) atoms. The van der Waals surface area contributed by atoms with Gasteiger partial charge in [-0.25, -0.2) is 0 Å². The molecule has 7 rings (SSSR count). The van der Waals surface area contributed by atoms with Crippen LogP contribution in [-0.4, -0.2) is 48.3 Å². The fourth-order valence-electron chi connectivity index (χ4n) is 7.80. The number of rotatable bonds is 10. The Morgan fingerprint density at radius 3 is 2.37 bits per heavy atom. The Balaban J connectivity index is 1.13. The number of aromatic hydroxyl groups is 1. The van der Waals surface area contributed by atoms with Crippen molar-refractivity contribution in [2.24, 2.45) is 17.8 Å². The van der Waals surface area contributed by atoms with E-state index in [4.69, 9.17) is 9.47 Å². The standard InChI is InChI=1S/C41H41N3O5/c1-25-19-27(20-26(2)39(25)45)21-28(35-11-7-8-18-42-35)12-17-36-37-29(23-48-3)22-33-38(34(37)24-49-36)41(47)44(40(33)46)32-15-13-31(14-16-32)43-30-9-5-4-6-10-30/h4-11,13-16,18-21,33-34,36,38,43,45H,12,17,22-24H2,1-3H3/b28-21-/t33-,34+,36-,38-/m1/s1. The smallest absolute Gasteiger partial charge is 0.238 e. The van der Waals surface area contributed by atoms with Crippen LogP contribution in [0.3, 0.4) is 0 Å². The van der Waals surface area contributed by atoms with Gasteiger partial charge in [-0.05, 0) is 133 Å². The normalized spacial score (nSPS) is 22.0. The molecule has 8 nitrogen and oxygen atoms in total. The molecule has 2 saturated heterocycles. The summed E-state index contributed by atoms with van der Waals surface area (Å²) in [6.07, 6.45) is 5.58. The second-order valence-corrected chi connectivity index (χ2v) is 13.2. The van der Waals surface area contributed by atoms with E-state index >= 15 is 0 Å². The summed E-state index contributed by atoms with van der Waals surface area (Å²) in [5, 5.41) is 13.7. The Morgan fingerprint density at radius 2 is 1.67 bits per heavy atom. The van der Waals surface area contributed by atoms with E-state index in [9.17, 15) is 14.7 Å². The van der Waals surface area contributed by atoms with E-state index in [-0.39, 0.29) is 23.8 Å². The van der Waals surface area contributed by atoms with Crippen LogP contribution in [0.4, 0.5) is 17.1 Å². The Labute approximate surface area is 287 Å². The molecule has 3 heterocycles. The van der Waals surface area contributed by atoms with E-state index in [1.54, 1.807) is 13.3 Å². The molecule has 0 unspecified atom stereocenters. The number of imide groups is 1. The summed E-state index contributed by atoms with van der Waals surface area (Å²) in [5.41, 5.74) is 9.18. The van der Waals surface area contributed by atoms with Crippen molar-refractivity contribution in [2.75, 3.05) is 30.5 Å². The molecule has 2 fully saturated rings. The number of carbonyl (C=O) groups excluding carboxylic acids is 2. The Bertz CT molecular complexity index is 1900. The van der Waals surface area contributed by atoms with E-state index in [0.29, 0.717) is 43.9 Å². The number of para-hydroxylation sites is 1. The number of phenolic OH excluding ortho intramolecular Hbond substituents is 1. The molecule has 3 aliphatic rings. The third-order valence-corrected chi connectivity index (χ3v) is 10.0. The Morgan fingerprint density at radius 1 is 0.959 bits per heavy atom. The summed E-state index contributed by atoms with van der Waals surface area (Å²) < 4.78 is 12.1. The predicted octanol–water partition coefficient (Wildman–Crippen LogP) is 7.64. The van der Waals surface area contributed by atoms with Gasteiger partial charge in [0.2, 0.25) is 11.8 Å². The minimum absolute atomic E-state index is 0.158. The monoisotopic (exact) mass is 655 g/mol. The van der Waals surface area contributed by atoms with Crippen molar-refractivity contribution < 1.29 is 24.2 Å². The third kappa shape index (κ3) is 6.42. The molecule has 2 aliphatic heterocycles. The average Bonchev–Trinajstić information content (AvgIpc) is 3.64. The molecule has 0 radical (unpaired) electrons. The number of pyridine rings is 1. The van der Waals surface area contributed by atoms with Crippen molar-refractivity contribution in [3.63, 3.8) is 0 Å². The SMILES string of the molecule is COCC1=C2[C@@H](CC/C(=C/c3cc(C)c(O)c(C)c3)c3ccccn3)OC[C@@H]2[C@@H]2C(=O)N(c3ccc(Nc4ccccc4)cc3)C(=O)[C@@H]2C1. The van der Waals surface area contributed by atoms with Gasteiger partial charge in [0.05, 0.1) is 42.5 Å². The van der Waals surface area contributed by atoms with Crippen LogP contribution in [0.2, 0.25) is 0 Å². The molecule has 0 bridgehead atoms. The molecular formula is C41H41N3O5. The minimum Gasteiger partial charge on any atom is -0.507 e. The predicted molar refractivity (Wildman–Crippen MR) is 191 cm³/mol. The second kappa shape index (κ2) is 13.8. The van der Waals surface area contributed by atoms with Gasteiger partial charge in [-0.3, -0.25) is 19.5 Å². The van der Waals surface area contributed by atoms with Crippen LogP contribution < -0.4 is 10.2 Å². The lowest BCUT2D eigenvalue weighted by Crippen LogP contribution is -2.35. The molecule has 2 N–H and O–H groups in total. The van der Waals surface area contributed by atoms with Crippen molar-refractivity contribution in [3.8, 4) is 5.75 Å². The number of nitrogens with zero attached hydrogens (tertiary/aromatic N) is 2. The van der Waals surface area contributed by atoms with Crippen LogP contribution in [0.5, 0.6) is 5.75 Å². The molecule has 0 saturated carbocycles. The lowest BCUT2D eigenvalue weighted by atomic mass is 9.69. The zero-order valence-electron chi connectivity index (χ0n) is 28.1. The van der Waals surface area contributed by atoms with Crippen molar-refractivity contribution >= 4 is 40.5 Å². The number of allylic oxidation sites excluding steroid dienone is 1. The zero-order valence-corrected chi connectivity index (χ0v) is 28.1. The number of hydrogen-bond acceptors (Lipinski definition) is 7. The molecule has 1 aromatic heterocycles. The van der Waals surface area contributed by atoms with E-state index in [1.165, 1.54) is 4.90 Å². The minimum atomic E-state index is -0.469. The zero-order chi connectivity index (χ0) is 34.1. The first-order valence-electron chi connectivity index (χ1n) is 16.9. The van der Waals surface area contributed by atoms with Gasteiger partial charge in [0.15, 0.2) is 0 Å². The third-order valence-electron chi connectivity index (χ3n) is 10.0. The number of carbonyl (C=O) groups is 2. The first-order chi connectivity index (χ1) is 23.8. The van der Waals surface area contributed by atoms with Gasteiger partial charge in [0.25, 0.3) is 0 Å². The highest BCUT2D eigenvalue weighted by Crippen LogP contribution is 2.51. The summed E-state index contributed by atoms with van der Waals surface area (Å²) >= 11 is 0. The number of benzene rings is 3. The maximum atomic E-state index is 14.1. The molecule has 2 amide bonds. The van der Waals surface area contributed by atoms with Gasteiger partial charge in [0, 0.05) is 30.6 Å². The van der Waals surface area contributed by atoms with Crippen LogP contribution in [0.15, 0.2) is 102 Å². The van der Waals surface area contributed by atoms with Crippen LogP contribution in [0.25, 0.3) is 11.6 Å². The maximum Gasteiger partial charge on any atom is 0.238 e. The number of anilines is 3. The van der Waals surface area contributed by atoms with E-state index in [0.717, 1.165) is 50.5 Å². The van der Waals surface area contributed by atoms with E-state index in [1.807, 2.05) is 98.8 Å². The van der Waals surface area contributed by atoms with Gasteiger partial charge in [-0.1, -0.05) is 24.3 Å². The second-order valence-electron chi connectivity index (χ2n) is 13.2. The summed E-state index contributed by atoms with van der Waals surface area (Å²) in [6, 6.07) is 27.2. The Kier molecular flexibility index (Phi) is 9.17. The van der Waals surface area contributed by atoms with Crippen molar-refractivity contribution in [1.82, 2.24) is 4.98 Å². The molecule has 4 atom stereocenters. The number of aromatic nitrogens is 1. The van der Waals surface area contributed by atoms with Gasteiger partial charge >= 0.3 is 0 Å². The van der Waals surface area contributed by atoms with Gasteiger partial charge in [0.1, 0.15) is 5.75 Å². The molecule has 8 heteroatoms. The summed E-state index contributed by atoms with van der Waals surface area (Å²) in [5.74, 6) is -1.10. The lowest BCUT2D eigenvalue weighted by Gasteiger charge is -2.31. The molecule has 1 aliphatic carbocycles. The van der Waals surface area contributed by atoms with Gasteiger partial charge in [-0.2, -0.15) is 0 Å². The fraction of sp³-hybridized carbons (Fsp3) is 0.293. The van der Waals surface area contributed by atoms with E-state index < -0.39 is 11.8 Å². The highest BCUT2D eigenvalue weighted by atomic mass is 16.5. The summed E-state index contributed by atoms with van der Waals surface area (Å²) in [7, 11) is 1.67. The number of ether oxygens (including phenoxy) is 2. The molecular weight excluding hydrogens is 614 g/mol. The van der Waals surface area contributed by atoms with Crippen LogP contribution >= 0.6 is 0 Å². The first-order valence-corrected chi connectivity index (χ1v) is 16.9. The van der Waals surface area contributed by atoms with Crippen LogP contribution in [-0.2, 0) is 19.1 Å². The molecule has 0 spiro atoms. The van der Waals surface area contributed by atoms with Crippen LogP contribution in [0.1, 0.15) is 41.6 Å². The number of hydrogen-bond donors (Lipinski definition) is 2. The lowest BCUT2D eigenvalue weighted by molar-refractivity contribution is -0.122. The van der Waals surface area contributed by atoms with Gasteiger partial charge in [-0.15, -0.1) is 0 Å². The summed E-state index contributed by atoms with van der Waals surface area (Å²) in [4.78, 5) is 34.1. The fourth-order valence-corrected chi connectivity index (χ4v) is 7.80. The number of aryl methyl sites for hydroxylation is 2. The molecule has 3 aromatic carbocycles. The average molecular weight is 656 g/mol. The number of fused-ring (bicyclic) bond motifs is 3. The first kappa shape index (κ1) is 32.5. The number of nitrogens with one attached hydrogen (secondary N) is 1. The van der Waals surface area contributed by atoms with E-state index in [2.05, 4.69) is 16.4 Å². The molecule has 250 valence electrons. The van der Waals surface area contributed by atoms with Crippen LogP contribution in [0, 0.1) is 31.6 Å². The summed E-state index contributed by atoms with van der Waals surface area (Å²) in [6.45, 7) is 4.59. The van der Waals surface area contributed by atoms with Crippen molar-refractivity contribution in [3.05, 3.63) is 125 Å². The number of phenols is 1.